The van der Waals surface area contributed by atoms with E-state index in [4.69, 9.17) is 14.6 Å². The minimum Gasteiger partial charge on any atom is -0.497 e. The predicted octanol–water partition coefficient (Wildman–Crippen LogP) is 2.90. The van der Waals surface area contributed by atoms with Crippen molar-refractivity contribution in [1.82, 2.24) is 14.8 Å². The molecule has 0 saturated carbocycles. The van der Waals surface area contributed by atoms with E-state index in [1.165, 1.54) is 0 Å². The third-order valence-corrected chi connectivity index (χ3v) is 4.92. The summed E-state index contributed by atoms with van der Waals surface area (Å²) in [6.45, 7) is 4.59. The number of nitrogens with one attached hydrogen (secondary N) is 1. The lowest BCUT2D eigenvalue weighted by molar-refractivity contribution is 0.0393. The number of aromatic amines is 1. The number of methoxy groups -OCH3 is 1. The molecule has 2 aromatic carbocycles. The molecule has 1 aromatic heterocycles. The lowest BCUT2D eigenvalue weighted by atomic mass is 10.1. The van der Waals surface area contributed by atoms with Gasteiger partial charge < -0.3 is 9.47 Å². The number of rotatable bonds is 5. The van der Waals surface area contributed by atoms with Crippen LogP contribution in [0.3, 0.4) is 0 Å². The van der Waals surface area contributed by atoms with Gasteiger partial charge in [-0.3, -0.25) is 14.9 Å². The van der Waals surface area contributed by atoms with Crippen LogP contribution in [-0.2, 0) is 4.74 Å². The van der Waals surface area contributed by atoms with E-state index >= 15 is 0 Å². The van der Waals surface area contributed by atoms with Crippen molar-refractivity contribution in [3.05, 3.63) is 70.5 Å². The fraction of sp³-hybridized carbons (Fsp3) is 0.273. The lowest BCUT2D eigenvalue weighted by Crippen LogP contribution is -2.33. The van der Waals surface area contributed by atoms with Crippen molar-refractivity contribution < 1.29 is 9.47 Å². The van der Waals surface area contributed by atoms with Gasteiger partial charge in [0.2, 0.25) is 0 Å². The average Bonchev–Trinajstić information content (AvgIpc) is 3.12. The van der Waals surface area contributed by atoms with Crippen molar-refractivity contribution >= 4 is 5.71 Å². The second-order valence-electron chi connectivity index (χ2n) is 6.82. The van der Waals surface area contributed by atoms with E-state index in [-0.39, 0.29) is 5.56 Å². The number of ether oxygens (including phenoxy) is 2. The first-order valence-corrected chi connectivity index (χ1v) is 9.60. The van der Waals surface area contributed by atoms with Gasteiger partial charge >= 0.3 is 0 Å². The van der Waals surface area contributed by atoms with Crippen LogP contribution in [0.4, 0.5) is 0 Å². The zero-order valence-corrected chi connectivity index (χ0v) is 16.6. The fourth-order valence-electron chi connectivity index (χ4n) is 3.41. The van der Waals surface area contributed by atoms with Crippen LogP contribution in [0, 0.1) is 0 Å². The van der Waals surface area contributed by atoms with Crippen LogP contribution >= 0.6 is 0 Å². The number of hydrazone groups is 1. The summed E-state index contributed by atoms with van der Waals surface area (Å²) >= 11 is 0. The first kappa shape index (κ1) is 19.0. The van der Waals surface area contributed by atoms with E-state index in [2.05, 4.69) is 5.10 Å². The van der Waals surface area contributed by atoms with E-state index in [9.17, 15) is 4.79 Å². The van der Waals surface area contributed by atoms with E-state index in [1.807, 2.05) is 66.5 Å². The molecule has 0 radical (unpaired) electrons. The number of H-pyrrole nitrogens is 1. The Labute approximate surface area is 169 Å². The quantitative estimate of drug-likeness (QED) is 0.678. The van der Waals surface area contributed by atoms with Crippen LogP contribution in [-0.4, -0.2) is 53.9 Å². The first-order valence-electron chi connectivity index (χ1n) is 9.60. The van der Waals surface area contributed by atoms with Gasteiger partial charge in [-0.25, -0.2) is 4.68 Å². The Kier molecular flexibility index (Phi) is 5.48. The Morgan fingerprint density at radius 2 is 1.76 bits per heavy atom. The number of benzene rings is 2. The summed E-state index contributed by atoms with van der Waals surface area (Å²) in [5.74, 6) is 0.763. The maximum Gasteiger partial charge on any atom is 0.281 e. The number of hydrogen-bond acceptors (Lipinski definition) is 5. The monoisotopic (exact) mass is 392 g/mol. The zero-order chi connectivity index (χ0) is 20.2. The van der Waals surface area contributed by atoms with Gasteiger partial charge in [0.1, 0.15) is 5.75 Å². The number of para-hydroxylation sites is 1. The van der Waals surface area contributed by atoms with Crippen molar-refractivity contribution in [2.75, 3.05) is 33.4 Å². The molecule has 0 unspecified atom stereocenters. The summed E-state index contributed by atoms with van der Waals surface area (Å²) in [7, 11) is 1.63. The van der Waals surface area contributed by atoms with Crippen molar-refractivity contribution in [3.63, 3.8) is 0 Å². The van der Waals surface area contributed by atoms with Crippen molar-refractivity contribution in [2.24, 2.45) is 5.10 Å². The SMILES string of the molecule is COc1ccc(-c2[nH]n(-c3ccccc3)c(=O)c2/C(C)=N/N2CCOCC2)cc1. The Hall–Kier alpha value is -3.32. The Bertz CT molecular complexity index is 1050. The number of aromatic nitrogens is 2. The maximum absolute atomic E-state index is 13.4. The number of nitrogens with zero attached hydrogens (tertiary/aromatic N) is 3. The standard InChI is InChI=1S/C22H24N4O3/c1-16(23-25-12-14-29-15-13-25)20-21(17-8-10-19(28-2)11-9-17)24-26(22(20)27)18-6-4-3-5-7-18/h3-11,24H,12-15H2,1-2H3/b23-16+. The molecule has 1 aliphatic rings. The molecule has 150 valence electrons. The summed E-state index contributed by atoms with van der Waals surface area (Å²) in [5.41, 5.74) is 3.51. The predicted molar refractivity (Wildman–Crippen MR) is 113 cm³/mol. The molecular weight excluding hydrogens is 368 g/mol. The van der Waals surface area contributed by atoms with Gasteiger partial charge in [-0.2, -0.15) is 5.10 Å². The molecule has 0 bridgehead atoms. The molecule has 0 amide bonds. The van der Waals surface area contributed by atoms with E-state index in [0.29, 0.717) is 37.6 Å². The second-order valence-corrected chi connectivity index (χ2v) is 6.82. The summed E-state index contributed by atoms with van der Waals surface area (Å²) < 4.78 is 12.2. The van der Waals surface area contributed by atoms with Crippen LogP contribution in [0.2, 0.25) is 0 Å². The normalized spacial score (nSPS) is 14.8. The molecule has 3 aromatic rings. The minimum absolute atomic E-state index is 0.128. The topological polar surface area (TPSA) is 71.8 Å². The molecule has 1 fully saturated rings. The molecule has 7 nitrogen and oxygen atoms in total. The lowest BCUT2D eigenvalue weighted by Gasteiger charge is -2.24. The summed E-state index contributed by atoms with van der Waals surface area (Å²) in [6.07, 6.45) is 0. The van der Waals surface area contributed by atoms with Crippen molar-refractivity contribution in [3.8, 4) is 22.7 Å². The number of morpholine rings is 1. The van der Waals surface area contributed by atoms with Gasteiger partial charge in [0.05, 0.1) is 56.1 Å². The van der Waals surface area contributed by atoms with E-state index in [0.717, 1.165) is 22.7 Å². The molecule has 1 aliphatic heterocycles. The van der Waals surface area contributed by atoms with Crippen LogP contribution in [0.1, 0.15) is 12.5 Å². The summed E-state index contributed by atoms with van der Waals surface area (Å²) in [5, 5.41) is 9.94. The Balaban J connectivity index is 1.83. The Morgan fingerprint density at radius 1 is 1.07 bits per heavy atom. The van der Waals surface area contributed by atoms with Gasteiger partial charge in [-0.05, 0) is 43.3 Å². The highest BCUT2D eigenvalue weighted by atomic mass is 16.5. The van der Waals surface area contributed by atoms with Crippen LogP contribution in [0.15, 0.2) is 64.5 Å². The maximum atomic E-state index is 13.4. The highest BCUT2D eigenvalue weighted by Crippen LogP contribution is 2.24. The molecule has 29 heavy (non-hydrogen) atoms. The van der Waals surface area contributed by atoms with Crippen LogP contribution in [0.5, 0.6) is 5.75 Å². The van der Waals surface area contributed by atoms with Gasteiger partial charge in [0.15, 0.2) is 0 Å². The molecule has 2 heterocycles. The van der Waals surface area contributed by atoms with Gasteiger partial charge in [-0.1, -0.05) is 18.2 Å². The first-order chi connectivity index (χ1) is 14.2. The smallest absolute Gasteiger partial charge is 0.281 e. The van der Waals surface area contributed by atoms with Gasteiger partial charge in [0.25, 0.3) is 5.56 Å². The Morgan fingerprint density at radius 3 is 2.41 bits per heavy atom. The molecule has 7 heteroatoms. The largest absolute Gasteiger partial charge is 0.497 e. The highest BCUT2D eigenvalue weighted by molar-refractivity contribution is 6.03. The second kappa shape index (κ2) is 8.36. The van der Waals surface area contributed by atoms with Gasteiger partial charge in [0, 0.05) is 5.56 Å². The van der Waals surface area contributed by atoms with Crippen LogP contribution < -0.4 is 10.3 Å². The molecular formula is C22H24N4O3. The van der Waals surface area contributed by atoms with Gasteiger partial charge in [-0.15, -0.1) is 0 Å². The zero-order valence-electron chi connectivity index (χ0n) is 16.6. The van der Waals surface area contributed by atoms with Crippen molar-refractivity contribution in [1.29, 1.82) is 0 Å². The highest BCUT2D eigenvalue weighted by Gasteiger charge is 2.20. The molecule has 0 spiro atoms. The fourth-order valence-corrected chi connectivity index (χ4v) is 3.41. The van der Waals surface area contributed by atoms with Crippen molar-refractivity contribution in [2.45, 2.75) is 6.92 Å². The molecule has 0 aliphatic carbocycles. The number of hydrogen-bond donors (Lipinski definition) is 1. The average molecular weight is 392 g/mol. The van der Waals surface area contributed by atoms with Crippen LogP contribution in [0.25, 0.3) is 16.9 Å². The minimum atomic E-state index is -0.128. The molecule has 1 N–H and O–H groups in total. The molecule has 1 saturated heterocycles. The third kappa shape index (κ3) is 3.95. The summed E-state index contributed by atoms with van der Waals surface area (Å²) in [6, 6.07) is 17.2. The molecule has 0 atom stereocenters. The molecule has 4 rings (SSSR count). The summed E-state index contributed by atoms with van der Waals surface area (Å²) in [4.78, 5) is 13.4. The third-order valence-electron chi connectivity index (χ3n) is 4.92. The van der Waals surface area contributed by atoms with E-state index < -0.39 is 0 Å². The van der Waals surface area contributed by atoms with E-state index in [1.54, 1.807) is 11.8 Å².